The predicted octanol–water partition coefficient (Wildman–Crippen LogP) is 3.54. The molecule has 0 saturated heterocycles. The number of rotatable bonds is 5. The summed E-state index contributed by atoms with van der Waals surface area (Å²) in [6, 6.07) is 16.9. The molecule has 0 saturated carbocycles. The normalized spacial score (nSPS) is 14.1. The van der Waals surface area contributed by atoms with E-state index in [4.69, 9.17) is 0 Å². The summed E-state index contributed by atoms with van der Waals surface area (Å²) in [4.78, 5) is 4.37. The number of hydrogen-bond acceptors (Lipinski definition) is 2. The van der Waals surface area contributed by atoms with Crippen LogP contribution in [0.1, 0.15) is 37.1 Å². The Morgan fingerprint density at radius 3 is 2.39 bits per heavy atom. The molecule has 1 aromatic heterocycles. The van der Waals surface area contributed by atoms with Crippen LogP contribution >= 0.6 is 0 Å². The summed E-state index contributed by atoms with van der Waals surface area (Å²) in [5.74, 6) is 0.511. The number of hydrogen-bond donors (Lipinski definition) is 1. The predicted molar refractivity (Wildman–Crippen MR) is 75.5 cm³/mol. The first-order chi connectivity index (χ1) is 8.77. The zero-order valence-electron chi connectivity index (χ0n) is 11.0. The van der Waals surface area contributed by atoms with E-state index in [-0.39, 0.29) is 6.04 Å². The van der Waals surface area contributed by atoms with Crippen LogP contribution in [0.3, 0.4) is 0 Å². The van der Waals surface area contributed by atoms with Gasteiger partial charge < -0.3 is 5.32 Å². The number of benzene rings is 1. The van der Waals surface area contributed by atoms with E-state index in [0.29, 0.717) is 5.92 Å². The molecule has 94 valence electrons. The van der Waals surface area contributed by atoms with Crippen LogP contribution in [0.5, 0.6) is 0 Å². The van der Waals surface area contributed by atoms with Gasteiger partial charge in [0.1, 0.15) is 0 Å². The van der Waals surface area contributed by atoms with Crippen LogP contribution in [0, 0.1) is 0 Å². The lowest BCUT2D eigenvalue weighted by atomic mass is 10.0. The Balaban J connectivity index is 1.89. The van der Waals surface area contributed by atoms with Crippen molar-refractivity contribution in [3.05, 3.63) is 66.0 Å². The number of nitrogens with zero attached hydrogens (tertiary/aromatic N) is 1. The standard InChI is InChI=1S/C16H20N2/c1-13(15-8-4-3-5-9-15)12-18-14(2)16-10-6-7-11-17-16/h3-11,13-14,18H,12H2,1-2H3. The lowest BCUT2D eigenvalue weighted by molar-refractivity contribution is 0.528. The Morgan fingerprint density at radius 1 is 1.00 bits per heavy atom. The second kappa shape index (κ2) is 6.31. The molecule has 0 radical (unpaired) electrons. The summed E-state index contributed by atoms with van der Waals surface area (Å²) in [7, 11) is 0. The molecule has 1 heterocycles. The van der Waals surface area contributed by atoms with Crippen molar-refractivity contribution >= 4 is 0 Å². The number of nitrogens with one attached hydrogen (secondary N) is 1. The monoisotopic (exact) mass is 240 g/mol. The molecular weight excluding hydrogens is 220 g/mol. The fourth-order valence-electron chi connectivity index (χ4n) is 1.99. The van der Waals surface area contributed by atoms with Gasteiger partial charge in [-0.05, 0) is 30.5 Å². The van der Waals surface area contributed by atoms with Gasteiger partial charge in [-0.1, -0.05) is 43.3 Å². The van der Waals surface area contributed by atoms with Gasteiger partial charge in [-0.2, -0.15) is 0 Å². The van der Waals surface area contributed by atoms with E-state index >= 15 is 0 Å². The van der Waals surface area contributed by atoms with Gasteiger partial charge in [-0.25, -0.2) is 0 Å². The Bertz CT molecular complexity index is 408. The maximum Gasteiger partial charge on any atom is 0.0570 e. The molecule has 1 aromatic carbocycles. The van der Waals surface area contributed by atoms with Gasteiger partial charge in [0, 0.05) is 18.8 Å². The first-order valence-corrected chi connectivity index (χ1v) is 6.46. The van der Waals surface area contributed by atoms with Crippen LogP contribution < -0.4 is 5.32 Å². The average molecular weight is 240 g/mol. The van der Waals surface area contributed by atoms with E-state index in [2.05, 4.69) is 60.5 Å². The van der Waals surface area contributed by atoms with E-state index in [1.54, 1.807) is 0 Å². The number of pyridine rings is 1. The minimum atomic E-state index is 0.289. The van der Waals surface area contributed by atoms with Gasteiger partial charge in [-0.3, -0.25) is 4.98 Å². The van der Waals surface area contributed by atoms with Gasteiger partial charge in [0.05, 0.1) is 5.69 Å². The van der Waals surface area contributed by atoms with E-state index < -0.39 is 0 Å². The summed E-state index contributed by atoms with van der Waals surface area (Å²) < 4.78 is 0. The third kappa shape index (κ3) is 3.41. The fourth-order valence-corrected chi connectivity index (χ4v) is 1.99. The van der Waals surface area contributed by atoms with Crippen molar-refractivity contribution in [2.24, 2.45) is 0 Å². The minimum absolute atomic E-state index is 0.289. The highest BCUT2D eigenvalue weighted by atomic mass is 14.9. The van der Waals surface area contributed by atoms with Crippen LogP contribution in [-0.2, 0) is 0 Å². The molecule has 0 aliphatic heterocycles. The largest absolute Gasteiger partial charge is 0.308 e. The Hall–Kier alpha value is -1.67. The molecule has 0 aliphatic carbocycles. The minimum Gasteiger partial charge on any atom is -0.308 e. The van der Waals surface area contributed by atoms with Crippen molar-refractivity contribution in [3.8, 4) is 0 Å². The molecule has 0 spiro atoms. The van der Waals surface area contributed by atoms with Gasteiger partial charge in [0.25, 0.3) is 0 Å². The summed E-state index contributed by atoms with van der Waals surface area (Å²) in [6.45, 7) is 5.36. The molecule has 2 unspecified atom stereocenters. The van der Waals surface area contributed by atoms with Crippen LogP contribution in [0.2, 0.25) is 0 Å². The lowest BCUT2D eigenvalue weighted by Crippen LogP contribution is -2.24. The van der Waals surface area contributed by atoms with Gasteiger partial charge in [-0.15, -0.1) is 0 Å². The van der Waals surface area contributed by atoms with Crippen molar-refractivity contribution in [1.82, 2.24) is 10.3 Å². The Morgan fingerprint density at radius 2 is 1.72 bits per heavy atom. The topological polar surface area (TPSA) is 24.9 Å². The van der Waals surface area contributed by atoms with E-state index in [1.807, 2.05) is 18.3 Å². The van der Waals surface area contributed by atoms with Crippen molar-refractivity contribution in [3.63, 3.8) is 0 Å². The molecule has 1 N–H and O–H groups in total. The van der Waals surface area contributed by atoms with E-state index in [1.165, 1.54) is 5.56 Å². The quantitative estimate of drug-likeness (QED) is 0.864. The molecule has 0 aliphatic rings. The highest BCUT2D eigenvalue weighted by molar-refractivity contribution is 5.19. The molecule has 2 heteroatoms. The molecule has 18 heavy (non-hydrogen) atoms. The summed E-state index contributed by atoms with van der Waals surface area (Å²) in [5, 5.41) is 3.53. The van der Waals surface area contributed by atoms with Crippen molar-refractivity contribution in [2.75, 3.05) is 6.54 Å². The summed E-state index contributed by atoms with van der Waals surface area (Å²) >= 11 is 0. The first-order valence-electron chi connectivity index (χ1n) is 6.46. The van der Waals surface area contributed by atoms with Crippen molar-refractivity contribution < 1.29 is 0 Å². The highest BCUT2D eigenvalue weighted by Gasteiger charge is 2.09. The highest BCUT2D eigenvalue weighted by Crippen LogP contribution is 2.15. The molecule has 0 fully saturated rings. The maximum absolute atomic E-state index is 4.37. The van der Waals surface area contributed by atoms with Gasteiger partial charge in [0.2, 0.25) is 0 Å². The molecular formula is C16H20N2. The third-order valence-electron chi connectivity index (χ3n) is 3.23. The molecule has 0 bridgehead atoms. The van der Waals surface area contributed by atoms with Crippen molar-refractivity contribution in [1.29, 1.82) is 0 Å². The second-order valence-corrected chi connectivity index (χ2v) is 4.70. The molecule has 2 atom stereocenters. The van der Waals surface area contributed by atoms with Crippen LogP contribution in [-0.4, -0.2) is 11.5 Å². The molecule has 2 nitrogen and oxygen atoms in total. The van der Waals surface area contributed by atoms with Gasteiger partial charge >= 0.3 is 0 Å². The zero-order valence-corrected chi connectivity index (χ0v) is 11.0. The van der Waals surface area contributed by atoms with E-state index in [9.17, 15) is 0 Å². The Kier molecular flexibility index (Phi) is 4.48. The molecule has 2 aromatic rings. The Labute approximate surface area is 109 Å². The zero-order chi connectivity index (χ0) is 12.8. The maximum atomic E-state index is 4.37. The fraction of sp³-hybridized carbons (Fsp3) is 0.312. The van der Waals surface area contributed by atoms with E-state index in [0.717, 1.165) is 12.2 Å². The van der Waals surface area contributed by atoms with Crippen LogP contribution in [0.15, 0.2) is 54.7 Å². The number of aromatic nitrogens is 1. The van der Waals surface area contributed by atoms with Crippen molar-refractivity contribution in [2.45, 2.75) is 25.8 Å². The average Bonchev–Trinajstić information content (AvgIpc) is 2.46. The summed E-state index contributed by atoms with van der Waals surface area (Å²) in [6.07, 6.45) is 1.84. The van der Waals surface area contributed by atoms with Crippen LogP contribution in [0.4, 0.5) is 0 Å². The molecule has 0 amide bonds. The first kappa shape index (κ1) is 12.8. The van der Waals surface area contributed by atoms with Gasteiger partial charge in [0.15, 0.2) is 0 Å². The van der Waals surface area contributed by atoms with Crippen LogP contribution in [0.25, 0.3) is 0 Å². The molecule has 2 rings (SSSR count). The summed E-state index contributed by atoms with van der Waals surface area (Å²) in [5.41, 5.74) is 2.47. The smallest absolute Gasteiger partial charge is 0.0570 e. The second-order valence-electron chi connectivity index (χ2n) is 4.70. The third-order valence-corrected chi connectivity index (χ3v) is 3.23. The SMILES string of the molecule is CC(CNC(C)c1ccccn1)c1ccccc1. The lowest BCUT2D eigenvalue weighted by Gasteiger charge is -2.17.